The first-order chi connectivity index (χ1) is 18.9. The largest absolute Gasteiger partial charge is 0.394 e. The predicted molar refractivity (Wildman–Crippen MR) is 124 cm³/mol. The Kier molecular flexibility index (Phi) is 12.4. The number of rotatable bonds is 11. The van der Waals surface area contributed by atoms with Gasteiger partial charge >= 0.3 is 0 Å². The first-order valence-corrected chi connectivity index (χ1v) is 12.7. The average molecular weight is 590 g/mol. The normalized spacial score (nSPS) is 46.2. The van der Waals surface area contributed by atoms with Gasteiger partial charge in [0, 0.05) is 13.5 Å². The number of amides is 1. The van der Waals surface area contributed by atoms with Crippen LogP contribution >= 0.6 is 0 Å². The molecule has 234 valence electrons. The Labute approximate surface area is 228 Å². The van der Waals surface area contributed by atoms with E-state index in [0.717, 1.165) is 0 Å². The van der Waals surface area contributed by atoms with Gasteiger partial charge in [0.1, 0.15) is 73.2 Å². The van der Waals surface area contributed by atoms with E-state index in [1.165, 1.54) is 6.92 Å². The molecule has 0 spiro atoms. The molecule has 0 bridgehead atoms. The topological polar surface area (TPSA) is 287 Å². The molecular weight excluding hydrogens is 550 g/mol. The maximum Gasteiger partial charge on any atom is 0.216 e. The van der Waals surface area contributed by atoms with E-state index in [1.54, 1.807) is 0 Å². The van der Waals surface area contributed by atoms with Crippen LogP contribution in [0.15, 0.2) is 0 Å². The van der Waals surface area contributed by atoms with Crippen molar-refractivity contribution in [1.82, 2.24) is 5.32 Å². The van der Waals surface area contributed by atoms with Crippen molar-refractivity contribution in [2.24, 2.45) is 0 Å². The van der Waals surface area contributed by atoms with Crippen molar-refractivity contribution in [3.63, 3.8) is 0 Å². The van der Waals surface area contributed by atoms with E-state index < -0.39 is 112 Å². The van der Waals surface area contributed by atoms with E-state index in [4.69, 9.17) is 28.4 Å². The molecule has 18 heteroatoms. The first kappa shape index (κ1) is 33.3. The van der Waals surface area contributed by atoms with E-state index in [1.807, 2.05) is 0 Å². The Bertz CT molecular complexity index is 788. The molecule has 15 atom stereocenters. The smallest absolute Gasteiger partial charge is 0.216 e. The molecule has 11 N–H and O–H groups in total. The molecule has 3 saturated heterocycles. The molecule has 3 aliphatic heterocycles. The summed E-state index contributed by atoms with van der Waals surface area (Å²) in [6.07, 6.45) is -24.7. The minimum absolute atomic E-state index is 0.0800. The molecule has 1 amide bonds. The molecule has 0 aromatic rings. The van der Waals surface area contributed by atoms with Gasteiger partial charge in [-0.3, -0.25) is 4.79 Å². The number of carbonyl (C=O) groups is 1. The highest BCUT2D eigenvalue weighted by molar-refractivity contribution is 5.72. The second kappa shape index (κ2) is 14.8. The summed E-state index contributed by atoms with van der Waals surface area (Å²) in [5.41, 5.74) is 0. The zero-order chi connectivity index (χ0) is 29.7. The van der Waals surface area contributed by atoms with Gasteiger partial charge in [0.15, 0.2) is 18.9 Å². The summed E-state index contributed by atoms with van der Waals surface area (Å²) in [6, 6.07) is 0. The van der Waals surface area contributed by atoms with Crippen molar-refractivity contribution < 1.29 is 84.3 Å². The fraction of sp³-hybridized carbons (Fsp3) is 0.955. The van der Waals surface area contributed by atoms with Gasteiger partial charge in [-0.05, 0) is 0 Å². The van der Waals surface area contributed by atoms with Crippen molar-refractivity contribution in [1.29, 1.82) is 0 Å². The molecule has 3 rings (SSSR count). The Balaban J connectivity index is 1.65. The minimum atomic E-state index is -1.92. The fourth-order valence-electron chi connectivity index (χ4n) is 4.58. The zero-order valence-electron chi connectivity index (χ0n) is 21.5. The predicted octanol–water partition coefficient (Wildman–Crippen LogP) is -7.41. The third-order valence-corrected chi connectivity index (χ3v) is 6.83. The lowest BCUT2D eigenvalue weighted by atomic mass is 9.96. The number of hydrogen-bond donors (Lipinski definition) is 11. The van der Waals surface area contributed by atoms with Gasteiger partial charge in [0.05, 0.1) is 26.4 Å². The summed E-state index contributed by atoms with van der Waals surface area (Å²) >= 11 is 0. The van der Waals surface area contributed by atoms with E-state index in [2.05, 4.69) is 5.32 Å². The lowest BCUT2D eigenvalue weighted by molar-refractivity contribution is -0.379. The van der Waals surface area contributed by atoms with Crippen LogP contribution in [0.5, 0.6) is 0 Å². The van der Waals surface area contributed by atoms with Gasteiger partial charge < -0.3 is 84.8 Å². The third-order valence-electron chi connectivity index (χ3n) is 6.83. The van der Waals surface area contributed by atoms with Crippen LogP contribution in [0.4, 0.5) is 0 Å². The van der Waals surface area contributed by atoms with Crippen molar-refractivity contribution >= 4 is 5.91 Å². The van der Waals surface area contributed by atoms with Gasteiger partial charge in [0.25, 0.3) is 0 Å². The van der Waals surface area contributed by atoms with Crippen LogP contribution in [-0.2, 0) is 33.2 Å². The van der Waals surface area contributed by atoms with Crippen molar-refractivity contribution in [3.05, 3.63) is 0 Å². The number of carbonyl (C=O) groups excluding carboxylic acids is 1. The highest BCUT2D eigenvalue weighted by Crippen LogP contribution is 2.32. The summed E-state index contributed by atoms with van der Waals surface area (Å²) in [4.78, 5) is 11.0. The monoisotopic (exact) mass is 589 g/mol. The molecule has 0 aliphatic carbocycles. The second-order valence-corrected chi connectivity index (χ2v) is 9.67. The minimum Gasteiger partial charge on any atom is -0.394 e. The summed E-state index contributed by atoms with van der Waals surface area (Å²) < 4.78 is 32.6. The summed E-state index contributed by atoms with van der Waals surface area (Å²) in [5, 5.41) is 104. The van der Waals surface area contributed by atoms with E-state index >= 15 is 0 Å². The quantitative estimate of drug-likeness (QED) is 0.0998. The molecule has 3 aliphatic rings. The van der Waals surface area contributed by atoms with Crippen LogP contribution in [0, 0.1) is 0 Å². The number of hydrogen-bond acceptors (Lipinski definition) is 17. The standard InChI is InChI=1S/C22H39NO17/c1-7(27)23-2-3-35-20-16(33)13(30)18(9(5-25)37-20)40-22-17(34)14(31)19(10(6-26)38-22)39-21-15(32)12(29)11(28)8(4-24)36-21/h8-22,24-26,28-34H,2-6H2,1H3,(H,23,27)/t8-,9-,10-,11+,12+,13-,14-,15-,16-,17-,18-,19+,20-,21-,22+/m1/s1. The first-order valence-electron chi connectivity index (χ1n) is 12.7. The molecule has 0 aromatic carbocycles. The van der Waals surface area contributed by atoms with E-state index in [0.29, 0.717) is 0 Å². The van der Waals surface area contributed by atoms with Crippen LogP contribution in [0.1, 0.15) is 6.92 Å². The Hall–Kier alpha value is -1.17. The molecule has 0 saturated carbocycles. The summed E-state index contributed by atoms with van der Waals surface area (Å²) in [6.45, 7) is -1.03. The van der Waals surface area contributed by atoms with Crippen molar-refractivity contribution in [2.75, 3.05) is 33.0 Å². The maximum absolute atomic E-state index is 11.0. The molecule has 0 aromatic heterocycles. The molecule has 3 fully saturated rings. The Morgan fingerprint density at radius 3 is 1.52 bits per heavy atom. The Morgan fingerprint density at radius 1 is 0.625 bits per heavy atom. The lowest BCUT2D eigenvalue weighted by Crippen LogP contribution is -2.66. The van der Waals surface area contributed by atoms with Crippen LogP contribution < -0.4 is 5.32 Å². The molecule has 0 unspecified atom stereocenters. The summed E-state index contributed by atoms with van der Waals surface area (Å²) in [5.74, 6) is -0.314. The van der Waals surface area contributed by atoms with Crippen LogP contribution in [0.2, 0.25) is 0 Å². The van der Waals surface area contributed by atoms with Crippen LogP contribution in [0.3, 0.4) is 0 Å². The van der Waals surface area contributed by atoms with Gasteiger partial charge in [-0.25, -0.2) is 0 Å². The molecule has 3 heterocycles. The molecule has 18 nitrogen and oxygen atoms in total. The number of ether oxygens (including phenoxy) is 6. The van der Waals surface area contributed by atoms with Crippen molar-refractivity contribution in [2.45, 2.75) is 99.0 Å². The second-order valence-electron chi connectivity index (χ2n) is 9.67. The zero-order valence-corrected chi connectivity index (χ0v) is 21.5. The Morgan fingerprint density at radius 2 is 1.05 bits per heavy atom. The average Bonchev–Trinajstić information content (AvgIpc) is 2.93. The highest BCUT2D eigenvalue weighted by atomic mass is 16.8. The van der Waals surface area contributed by atoms with Gasteiger partial charge in [-0.1, -0.05) is 0 Å². The molecule has 0 radical (unpaired) electrons. The maximum atomic E-state index is 11.0. The molecule has 40 heavy (non-hydrogen) atoms. The summed E-state index contributed by atoms with van der Waals surface area (Å²) in [7, 11) is 0. The van der Waals surface area contributed by atoms with Crippen LogP contribution in [-0.4, -0.2) is 182 Å². The van der Waals surface area contributed by atoms with Gasteiger partial charge in [-0.15, -0.1) is 0 Å². The number of aliphatic hydroxyl groups is 10. The third kappa shape index (κ3) is 7.42. The van der Waals surface area contributed by atoms with Crippen LogP contribution in [0.25, 0.3) is 0 Å². The lowest BCUT2D eigenvalue weighted by Gasteiger charge is -2.48. The fourth-order valence-corrected chi connectivity index (χ4v) is 4.58. The molecular formula is C22H39NO17. The van der Waals surface area contributed by atoms with E-state index in [9.17, 15) is 55.9 Å². The van der Waals surface area contributed by atoms with Gasteiger partial charge in [0.2, 0.25) is 5.91 Å². The van der Waals surface area contributed by atoms with Gasteiger partial charge in [-0.2, -0.15) is 0 Å². The highest BCUT2D eigenvalue weighted by Gasteiger charge is 2.53. The number of aliphatic hydroxyl groups excluding tert-OH is 10. The van der Waals surface area contributed by atoms with E-state index in [-0.39, 0.29) is 19.1 Å². The van der Waals surface area contributed by atoms with Crippen molar-refractivity contribution in [3.8, 4) is 0 Å². The SMILES string of the molecule is CC(=O)NCCO[C@@H]1O[C@H](CO)[C@@H](O[C@@H]2O[C@H](CO)[C@H](O[C@H]3O[C@H](CO)[C@H](O)[C@H](O)[C@H]3O)[C@H](O)[C@H]2O)[C@H](O)[C@H]1O. The number of nitrogens with one attached hydrogen (secondary N) is 1.